The Hall–Kier alpha value is -1.27. The Bertz CT molecular complexity index is 621. The summed E-state index contributed by atoms with van der Waals surface area (Å²) in [5.74, 6) is -1.20. The van der Waals surface area contributed by atoms with Gasteiger partial charge in [-0.25, -0.2) is 13.8 Å². The standard InChI is InChI=1S/C14H14BrF2N3/c15-9-5-13(11(17)6-10(9)16)20-8-18-7-14(20)12-3-1-2-4-19-12/h5-8,12,19H,1-4H2. The maximum Gasteiger partial charge on any atom is 0.150 e. The van der Waals surface area contributed by atoms with E-state index in [-0.39, 0.29) is 10.5 Å². The van der Waals surface area contributed by atoms with Gasteiger partial charge in [-0.05, 0) is 41.4 Å². The first kappa shape index (κ1) is 13.7. The van der Waals surface area contributed by atoms with Gasteiger partial charge in [0.2, 0.25) is 0 Å². The third kappa shape index (κ3) is 2.50. The molecule has 3 rings (SSSR count). The highest BCUT2D eigenvalue weighted by atomic mass is 79.9. The zero-order chi connectivity index (χ0) is 14.1. The maximum absolute atomic E-state index is 14.0. The molecule has 6 heteroatoms. The largest absolute Gasteiger partial charge is 0.309 e. The third-order valence-corrected chi connectivity index (χ3v) is 4.19. The molecule has 1 aliphatic rings. The quantitative estimate of drug-likeness (QED) is 0.843. The van der Waals surface area contributed by atoms with E-state index in [1.54, 1.807) is 17.1 Å². The lowest BCUT2D eigenvalue weighted by atomic mass is 10.0. The Labute approximate surface area is 124 Å². The van der Waals surface area contributed by atoms with Crippen LogP contribution in [0.25, 0.3) is 5.69 Å². The predicted octanol–water partition coefficient (Wildman–Crippen LogP) is 3.73. The second kappa shape index (κ2) is 5.61. The Morgan fingerprint density at radius 2 is 2.10 bits per heavy atom. The summed E-state index contributed by atoms with van der Waals surface area (Å²) in [5, 5.41) is 3.41. The predicted molar refractivity (Wildman–Crippen MR) is 75.8 cm³/mol. The number of imidazole rings is 1. The average molecular weight is 342 g/mol. The van der Waals surface area contributed by atoms with Crippen molar-refractivity contribution >= 4 is 15.9 Å². The van der Waals surface area contributed by atoms with Gasteiger partial charge in [-0.2, -0.15) is 0 Å². The van der Waals surface area contributed by atoms with Crippen LogP contribution in [0.3, 0.4) is 0 Å². The number of aromatic nitrogens is 2. The molecule has 0 radical (unpaired) electrons. The van der Waals surface area contributed by atoms with Crippen LogP contribution in [0.5, 0.6) is 0 Å². The van der Waals surface area contributed by atoms with Crippen molar-refractivity contribution in [3.05, 3.63) is 46.5 Å². The maximum atomic E-state index is 14.0. The molecule has 106 valence electrons. The van der Waals surface area contributed by atoms with Crippen LogP contribution in [0.1, 0.15) is 31.0 Å². The summed E-state index contributed by atoms with van der Waals surface area (Å²) in [4.78, 5) is 4.11. The molecular formula is C14H14BrF2N3. The SMILES string of the molecule is Fc1cc(F)c(-n2cncc2C2CCCCN2)cc1Br. The molecule has 1 aromatic carbocycles. The van der Waals surface area contributed by atoms with Crippen molar-refractivity contribution in [3.63, 3.8) is 0 Å². The molecule has 0 aliphatic carbocycles. The highest BCUT2D eigenvalue weighted by molar-refractivity contribution is 9.10. The lowest BCUT2D eigenvalue weighted by Gasteiger charge is -2.24. The van der Waals surface area contributed by atoms with Crippen LogP contribution in [-0.4, -0.2) is 16.1 Å². The fraction of sp³-hybridized carbons (Fsp3) is 0.357. The van der Waals surface area contributed by atoms with Gasteiger partial charge in [-0.1, -0.05) is 6.42 Å². The molecule has 0 saturated carbocycles. The molecular weight excluding hydrogens is 328 g/mol. The minimum atomic E-state index is -0.608. The van der Waals surface area contributed by atoms with Gasteiger partial charge < -0.3 is 5.32 Å². The van der Waals surface area contributed by atoms with Crippen LogP contribution < -0.4 is 5.32 Å². The van der Waals surface area contributed by atoms with Gasteiger partial charge in [0.15, 0.2) is 0 Å². The van der Waals surface area contributed by atoms with Gasteiger partial charge >= 0.3 is 0 Å². The smallest absolute Gasteiger partial charge is 0.150 e. The van der Waals surface area contributed by atoms with Gasteiger partial charge in [0.1, 0.15) is 11.6 Å². The zero-order valence-electron chi connectivity index (χ0n) is 10.7. The molecule has 1 atom stereocenters. The van der Waals surface area contributed by atoms with E-state index < -0.39 is 11.6 Å². The molecule has 2 aromatic rings. The molecule has 1 aliphatic heterocycles. The van der Waals surface area contributed by atoms with Gasteiger partial charge in [-0.15, -0.1) is 0 Å². The number of nitrogens with one attached hydrogen (secondary N) is 1. The minimum absolute atomic E-state index is 0.162. The van der Waals surface area contributed by atoms with Gasteiger partial charge in [0.25, 0.3) is 0 Å². The zero-order valence-corrected chi connectivity index (χ0v) is 12.3. The molecule has 3 nitrogen and oxygen atoms in total. The first-order valence-electron chi connectivity index (χ1n) is 6.57. The van der Waals surface area contributed by atoms with Crippen molar-refractivity contribution in [3.8, 4) is 5.69 Å². The summed E-state index contributed by atoms with van der Waals surface area (Å²) in [5.41, 5.74) is 1.21. The van der Waals surface area contributed by atoms with Gasteiger partial charge in [-0.3, -0.25) is 4.57 Å². The molecule has 20 heavy (non-hydrogen) atoms. The first-order valence-corrected chi connectivity index (χ1v) is 7.36. The monoisotopic (exact) mass is 341 g/mol. The first-order chi connectivity index (χ1) is 9.66. The number of nitrogens with zero attached hydrogens (tertiary/aromatic N) is 2. The molecule has 1 saturated heterocycles. The second-order valence-electron chi connectivity index (χ2n) is 4.91. The summed E-state index contributed by atoms with van der Waals surface area (Å²) in [7, 11) is 0. The van der Waals surface area contributed by atoms with E-state index >= 15 is 0 Å². The number of piperidine rings is 1. The Morgan fingerprint density at radius 3 is 2.85 bits per heavy atom. The van der Waals surface area contributed by atoms with Crippen molar-refractivity contribution in [2.45, 2.75) is 25.3 Å². The van der Waals surface area contributed by atoms with E-state index in [0.29, 0.717) is 5.69 Å². The number of hydrogen-bond donors (Lipinski definition) is 1. The molecule has 2 heterocycles. The molecule has 1 fully saturated rings. The van der Waals surface area contributed by atoms with Gasteiger partial charge in [0, 0.05) is 12.1 Å². The van der Waals surface area contributed by atoms with E-state index in [2.05, 4.69) is 26.2 Å². The fourth-order valence-electron chi connectivity index (χ4n) is 2.57. The topological polar surface area (TPSA) is 29.9 Å². The lowest BCUT2D eigenvalue weighted by molar-refractivity contribution is 0.401. The van der Waals surface area contributed by atoms with Gasteiger partial charge in [0.05, 0.1) is 28.4 Å². The van der Waals surface area contributed by atoms with Crippen molar-refractivity contribution in [1.29, 1.82) is 0 Å². The number of rotatable bonds is 2. The van der Waals surface area contributed by atoms with Crippen LogP contribution in [0, 0.1) is 11.6 Å². The van der Waals surface area contributed by atoms with Crippen molar-refractivity contribution in [1.82, 2.24) is 14.9 Å². The summed E-state index contributed by atoms with van der Waals surface area (Å²) < 4.78 is 29.3. The summed E-state index contributed by atoms with van der Waals surface area (Å²) in [6.45, 7) is 0.950. The van der Waals surface area contributed by atoms with E-state index in [9.17, 15) is 8.78 Å². The van der Waals surface area contributed by atoms with Crippen LogP contribution in [0.4, 0.5) is 8.78 Å². The molecule has 0 amide bonds. The summed E-state index contributed by atoms with van der Waals surface area (Å²) in [6.07, 6.45) is 6.59. The van der Waals surface area contributed by atoms with Crippen LogP contribution in [0.2, 0.25) is 0 Å². The number of benzene rings is 1. The molecule has 1 N–H and O–H groups in total. The average Bonchev–Trinajstić information content (AvgIpc) is 2.93. The normalized spacial score (nSPS) is 19.2. The third-order valence-electron chi connectivity index (χ3n) is 3.58. The highest BCUT2D eigenvalue weighted by Crippen LogP contribution is 2.28. The Morgan fingerprint density at radius 1 is 1.25 bits per heavy atom. The minimum Gasteiger partial charge on any atom is -0.309 e. The van der Waals surface area contributed by atoms with Crippen molar-refractivity contribution < 1.29 is 8.78 Å². The molecule has 1 unspecified atom stereocenters. The fourth-order valence-corrected chi connectivity index (χ4v) is 2.90. The van der Waals surface area contributed by atoms with E-state index in [4.69, 9.17) is 0 Å². The number of hydrogen-bond acceptors (Lipinski definition) is 2. The van der Waals surface area contributed by atoms with Crippen molar-refractivity contribution in [2.24, 2.45) is 0 Å². The van der Waals surface area contributed by atoms with Crippen LogP contribution in [0.15, 0.2) is 29.1 Å². The summed E-state index contributed by atoms with van der Waals surface area (Å²) in [6, 6.07) is 2.49. The van der Waals surface area contributed by atoms with E-state index in [0.717, 1.165) is 37.6 Å². The Kier molecular flexibility index (Phi) is 3.85. The number of halogens is 3. The summed E-state index contributed by atoms with van der Waals surface area (Å²) >= 11 is 3.10. The Balaban J connectivity index is 2.03. The van der Waals surface area contributed by atoms with E-state index in [1.165, 1.54) is 6.07 Å². The highest BCUT2D eigenvalue weighted by Gasteiger charge is 2.20. The van der Waals surface area contributed by atoms with E-state index in [1.807, 2.05) is 0 Å². The molecule has 0 bridgehead atoms. The molecule has 1 aromatic heterocycles. The van der Waals surface area contributed by atoms with Crippen molar-refractivity contribution in [2.75, 3.05) is 6.54 Å². The van der Waals surface area contributed by atoms with Crippen LogP contribution in [-0.2, 0) is 0 Å². The molecule has 0 spiro atoms. The van der Waals surface area contributed by atoms with Crippen LogP contribution >= 0.6 is 15.9 Å². The second-order valence-corrected chi connectivity index (χ2v) is 5.76. The lowest BCUT2D eigenvalue weighted by Crippen LogP contribution is -2.28.